The summed E-state index contributed by atoms with van der Waals surface area (Å²) in [5, 5.41) is 9.19. The third kappa shape index (κ3) is 0.764. The van der Waals surface area contributed by atoms with E-state index in [1.165, 1.54) is 19.3 Å². The van der Waals surface area contributed by atoms with Crippen LogP contribution in [0.5, 0.6) is 0 Å². The van der Waals surface area contributed by atoms with Crippen LogP contribution in [0.1, 0.15) is 25.7 Å². The Morgan fingerprint density at radius 3 is 3.00 bits per heavy atom. The van der Waals surface area contributed by atoms with Gasteiger partial charge in [-0.2, -0.15) is 5.26 Å². The Kier molecular flexibility index (Phi) is 1.20. The molecule has 6 atom stereocenters. The molecule has 1 nitrogen and oxygen atoms in total. The fourth-order valence-corrected chi connectivity index (χ4v) is 4.28. The Morgan fingerprint density at radius 1 is 1.21 bits per heavy atom. The fraction of sp³-hybridized carbons (Fsp3) is 0.769. The van der Waals surface area contributed by atoms with Crippen molar-refractivity contribution in [3.63, 3.8) is 0 Å². The average molecular weight is 185 g/mol. The molecule has 14 heavy (non-hydrogen) atoms. The van der Waals surface area contributed by atoms with Crippen molar-refractivity contribution in [2.45, 2.75) is 25.7 Å². The smallest absolute Gasteiger partial charge is 0.0662 e. The maximum Gasteiger partial charge on any atom is 0.0662 e. The first kappa shape index (κ1) is 7.51. The van der Waals surface area contributed by atoms with Crippen molar-refractivity contribution < 1.29 is 0 Å². The zero-order chi connectivity index (χ0) is 9.28. The predicted octanol–water partition coefficient (Wildman–Crippen LogP) is 2.75. The molecule has 6 unspecified atom stereocenters. The summed E-state index contributed by atoms with van der Waals surface area (Å²) in [5.41, 5.74) is 1.71. The van der Waals surface area contributed by atoms with E-state index in [9.17, 15) is 5.26 Å². The maximum absolute atomic E-state index is 9.19. The molecule has 0 radical (unpaired) electrons. The Balaban J connectivity index is 1.76. The molecule has 4 aliphatic rings. The van der Waals surface area contributed by atoms with Gasteiger partial charge in [-0.05, 0) is 55.3 Å². The van der Waals surface area contributed by atoms with Crippen molar-refractivity contribution in [2.75, 3.05) is 0 Å². The van der Waals surface area contributed by atoms with E-state index in [-0.39, 0.29) is 0 Å². The normalized spacial score (nSPS) is 57.2. The third-order valence-electron chi connectivity index (χ3n) is 5.01. The van der Waals surface area contributed by atoms with Crippen LogP contribution in [0.3, 0.4) is 0 Å². The van der Waals surface area contributed by atoms with Crippen molar-refractivity contribution in [1.82, 2.24) is 0 Å². The lowest BCUT2D eigenvalue weighted by molar-refractivity contribution is 0.311. The van der Waals surface area contributed by atoms with Crippen LogP contribution in [-0.2, 0) is 0 Å². The Morgan fingerprint density at radius 2 is 2.14 bits per heavy atom. The molecule has 4 aliphatic carbocycles. The van der Waals surface area contributed by atoms with Gasteiger partial charge in [0.1, 0.15) is 0 Å². The Bertz CT molecular complexity index is 362. The third-order valence-corrected chi connectivity index (χ3v) is 5.01. The van der Waals surface area contributed by atoms with Crippen molar-refractivity contribution in [3.8, 4) is 6.07 Å². The highest BCUT2D eigenvalue weighted by Gasteiger charge is 2.64. The lowest BCUT2D eigenvalue weighted by atomic mass is 9.71. The molecule has 0 aromatic carbocycles. The van der Waals surface area contributed by atoms with Gasteiger partial charge in [0, 0.05) is 0 Å². The van der Waals surface area contributed by atoms with Gasteiger partial charge in [-0.25, -0.2) is 0 Å². The lowest BCUT2D eigenvalue weighted by Crippen LogP contribution is -2.26. The maximum atomic E-state index is 9.19. The minimum atomic E-state index is 0.367. The quantitative estimate of drug-likeness (QED) is 0.532. The van der Waals surface area contributed by atoms with Gasteiger partial charge in [0.25, 0.3) is 0 Å². The van der Waals surface area contributed by atoms with Crippen molar-refractivity contribution >= 4 is 0 Å². The summed E-state index contributed by atoms with van der Waals surface area (Å²) in [7, 11) is 0. The number of allylic oxidation sites excluding steroid dienone is 2. The van der Waals surface area contributed by atoms with Crippen molar-refractivity contribution in [2.24, 2.45) is 35.5 Å². The van der Waals surface area contributed by atoms with E-state index in [0.717, 1.165) is 30.1 Å². The number of hydrogen-bond donors (Lipinski definition) is 0. The summed E-state index contributed by atoms with van der Waals surface area (Å²) in [5.74, 6) is 5.01. The average Bonchev–Trinajstić information content (AvgIpc) is 3.06. The summed E-state index contributed by atoms with van der Waals surface area (Å²) in [6.45, 7) is 0. The molecule has 0 bridgehead atoms. The first-order valence-corrected chi connectivity index (χ1v) is 5.99. The van der Waals surface area contributed by atoms with Crippen molar-refractivity contribution in [3.05, 3.63) is 11.6 Å². The van der Waals surface area contributed by atoms with E-state index < -0.39 is 0 Å². The topological polar surface area (TPSA) is 23.8 Å². The molecule has 0 aromatic heterocycles. The van der Waals surface area contributed by atoms with Crippen LogP contribution >= 0.6 is 0 Å². The molecule has 0 saturated heterocycles. The number of nitriles is 1. The van der Waals surface area contributed by atoms with Gasteiger partial charge in [-0.1, -0.05) is 11.6 Å². The Hall–Kier alpha value is -0.770. The molecular weight excluding hydrogens is 170 g/mol. The molecule has 0 N–H and O–H groups in total. The van der Waals surface area contributed by atoms with E-state index in [4.69, 9.17) is 0 Å². The second-order valence-electron chi connectivity index (χ2n) is 5.61. The highest BCUT2D eigenvalue weighted by molar-refractivity contribution is 5.33. The second kappa shape index (κ2) is 2.24. The lowest BCUT2D eigenvalue weighted by Gasteiger charge is -2.32. The monoisotopic (exact) mass is 185 g/mol. The van der Waals surface area contributed by atoms with E-state index in [0.29, 0.717) is 11.8 Å². The highest BCUT2D eigenvalue weighted by atomic mass is 14.7. The van der Waals surface area contributed by atoms with Crippen LogP contribution in [0.25, 0.3) is 0 Å². The van der Waals surface area contributed by atoms with Crippen LogP contribution in [0.4, 0.5) is 0 Å². The molecular formula is C13H15N. The van der Waals surface area contributed by atoms with Crippen LogP contribution in [0.2, 0.25) is 0 Å². The fourth-order valence-electron chi connectivity index (χ4n) is 4.28. The van der Waals surface area contributed by atoms with Crippen LogP contribution in [-0.4, -0.2) is 0 Å². The number of hydrogen-bond acceptors (Lipinski definition) is 1. The highest BCUT2D eigenvalue weighted by Crippen LogP contribution is 2.71. The summed E-state index contributed by atoms with van der Waals surface area (Å²) in [6.07, 6.45) is 7.69. The van der Waals surface area contributed by atoms with Gasteiger partial charge < -0.3 is 0 Å². The molecule has 1 heteroatoms. The molecule has 3 saturated carbocycles. The Labute approximate surface area is 84.8 Å². The van der Waals surface area contributed by atoms with E-state index >= 15 is 0 Å². The molecule has 0 spiro atoms. The molecule has 0 amide bonds. The SMILES string of the molecule is N#CC1CCC=C2C3CC3C3CC3C21. The van der Waals surface area contributed by atoms with Crippen molar-refractivity contribution in [1.29, 1.82) is 5.26 Å². The standard InChI is InChI=1S/C13H15N/c14-6-7-2-1-3-8-9-4-10(9)11-5-12(11)13(7)8/h3,7,9-13H,1-2,4-5H2. The summed E-state index contributed by atoms with van der Waals surface area (Å²) >= 11 is 0. The molecule has 0 aliphatic heterocycles. The first-order valence-electron chi connectivity index (χ1n) is 5.99. The van der Waals surface area contributed by atoms with Crippen LogP contribution in [0.15, 0.2) is 11.6 Å². The zero-order valence-corrected chi connectivity index (χ0v) is 8.32. The zero-order valence-electron chi connectivity index (χ0n) is 8.32. The minimum absolute atomic E-state index is 0.367. The van der Waals surface area contributed by atoms with Crippen LogP contribution < -0.4 is 0 Å². The number of nitrogens with zero attached hydrogens (tertiary/aromatic N) is 1. The van der Waals surface area contributed by atoms with Gasteiger partial charge >= 0.3 is 0 Å². The van der Waals surface area contributed by atoms with Gasteiger partial charge in [-0.15, -0.1) is 0 Å². The van der Waals surface area contributed by atoms with Gasteiger partial charge in [0.2, 0.25) is 0 Å². The van der Waals surface area contributed by atoms with E-state index in [2.05, 4.69) is 12.1 Å². The molecule has 3 fully saturated rings. The second-order valence-corrected chi connectivity index (χ2v) is 5.61. The molecule has 0 aromatic rings. The summed E-state index contributed by atoms with van der Waals surface area (Å²) < 4.78 is 0. The predicted molar refractivity (Wildman–Crippen MR) is 53.1 cm³/mol. The molecule has 72 valence electrons. The van der Waals surface area contributed by atoms with Gasteiger partial charge in [-0.3, -0.25) is 0 Å². The minimum Gasteiger partial charge on any atom is -0.198 e. The van der Waals surface area contributed by atoms with Gasteiger partial charge in [0.05, 0.1) is 12.0 Å². The molecule has 4 rings (SSSR count). The number of rotatable bonds is 0. The largest absolute Gasteiger partial charge is 0.198 e. The summed E-state index contributed by atoms with van der Waals surface area (Å²) in [6, 6.07) is 2.56. The number of fused-ring (bicyclic) bond motifs is 6. The van der Waals surface area contributed by atoms with E-state index in [1.807, 2.05) is 0 Å². The summed E-state index contributed by atoms with van der Waals surface area (Å²) in [4.78, 5) is 0. The van der Waals surface area contributed by atoms with Gasteiger partial charge in [0.15, 0.2) is 0 Å². The molecule has 0 heterocycles. The van der Waals surface area contributed by atoms with E-state index in [1.54, 1.807) is 5.57 Å². The first-order chi connectivity index (χ1) is 6.90. The van der Waals surface area contributed by atoms with Crippen LogP contribution in [0, 0.1) is 46.8 Å².